The molecule has 0 bridgehead atoms. The van der Waals surface area contributed by atoms with E-state index in [-0.39, 0.29) is 5.88 Å². The predicted molar refractivity (Wildman–Crippen MR) is 102 cm³/mol. The summed E-state index contributed by atoms with van der Waals surface area (Å²) in [6.45, 7) is 6.32. The first kappa shape index (κ1) is 21.9. The average Bonchev–Trinajstić information content (AvgIpc) is 3.29. The minimum absolute atomic E-state index is 0.272. The van der Waals surface area contributed by atoms with Crippen LogP contribution in [0.4, 0.5) is 0 Å². The average molecular weight is 422 g/mol. The van der Waals surface area contributed by atoms with Crippen LogP contribution in [0.5, 0.6) is 5.88 Å². The van der Waals surface area contributed by atoms with Gasteiger partial charge in [-0.1, -0.05) is 27.7 Å². The normalized spacial score (nSPS) is 23.9. The van der Waals surface area contributed by atoms with Gasteiger partial charge in [0.2, 0.25) is 5.88 Å². The van der Waals surface area contributed by atoms with Gasteiger partial charge in [0.15, 0.2) is 29.6 Å². The molecule has 11 nitrogen and oxygen atoms in total. The fourth-order valence-electron chi connectivity index (χ4n) is 3.05. The number of fused-ring (bicyclic) bond motifs is 1. The SMILES string of the molecule is COc1ncnc2c1ncn2[C@@H]1O[C@H](CO)[C@@H](OC(=O)C(C)C)[C@@H]1OC(=O)C(C)C. The molecule has 0 aliphatic carbocycles. The lowest BCUT2D eigenvalue weighted by molar-refractivity contribution is -0.172. The molecule has 0 amide bonds. The van der Waals surface area contributed by atoms with E-state index in [1.807, 2.05) is 0 Å². The number of carbonyl (C=O) groups is 2. The Hall–Kier alpha value is -2.79. The quantitative estimate of drug-likeness (QED) is 0.640. The Bertz CT molecular complexity index is 913. The molecule has 30 heavy (non-hydrogen) atoms. The summed E-state index contributed by atoms with van der Waals surface area (Å²) < 4.78 is 23.9. The van der Waals surface area contributed by atoms with Crippen LogP contribution in [0.3, 0.4) is 0 Å². The smallest absolute Gasteiger partial charge is 0.308 e. The molecular formula is C19H26N4O7. The van der Waals surface area contributed by atoms with Gasteiger partial charge in [0.05, 0.1) is 31.9 Å². The minimum atomic E-state index is -1.02. The highest BCUT2D eigenvalue weighted by atomic mass is 16.6. The van der Waals surface area contributed by atoms with E-state index in [9.17, 15) is 14.7 Å². The largest absolute Gasteiger partial charge is 0.479 e. The second kappa shape index (κ2) is 8.92. The van der Waals surface area contributed by atoms with Crippen molar-refractivity contribution in [2.24, 2.45) is 11.8 Å². The molecule has 2 aromatic rings. The van der Waals surface area contributed by atoms with Gasteiger partial charge in [-0.2, -0.15) is 4.98 Å². The Morgan fingerprint density at radius 2 is 1.73 bits per heavy atom. The van der Waals surface area contributed by atoms with Gasteiger partial charge < -0.3 is 24.1 Å². The Morgan fingerprint density at radius 3 is 2.30 bits per heavy atom. The van der Waals surface area contributed by atoms with Crippen molar-refractivity contribution in [3.63, 3.8) is 0 Å². The van der Waals surface area contributed by atoms with E-state index in [0.717, 1.165) is 0 Å². The van der Waals surface area contributed by atoms with Crippen molar-refractivity contribution in [2.45, 2.75) is 52.2 Å². The van der Waals surface area contributed by atoms with Crippen LogP contribution in [0, 0.1) is 11.8 Å². The van der Waals surface area contributed by atoms with E-state index in [1.165, 1.54) is 19.8 Å². The van der Waals surface area contributed by atoms with Gasteiger partial charge in [-0.05, 0) is 0 Å². The van der Waals surface area contributed by atoms with Gasteiger partial charge in [-0.25, -0.2) is 9.97 Å². The van der Waals surface area contributed by atoms with Gasteiger partial charge in [-0.3, -0.25) is 14.2 Å². The van der Waals surface area contributed by atoms with Gasteiger partial charge in [0.1, 0.15) is 12.4 Å². The van der Waals surface area contributed by atoms with E-state index in [4.69, 9.17) is 18.9 Å². The number of methoxy groups -OCH3 is 1. The summed E-state index contributed by atoms with van der Waals surface area (Å²) in [4.78, 5) is 37.2. The molecule has 3 heterocycles. The number of nitrogens with zero attached hydrogens (tertiary/aromatic N) is 4. The van der Waals surface area contributed by atoms with Crippen LogP contribution >= 0.6 is 0 Å². The standard InChI is InChI=1S/C19H26N4O7/c1-9(2)18(25)29-13-11(6-24)28-17(14(13)30-19(26)10(3)4)23-8-22-12-15(23)20-7-21-16(12)27-5/h7-11,13-14,17,24H,6H2,1-5H3/t11-,13-,14+,17-/m1/s1. The highest BCUT2D eigenvalue weighted by Crippen LogP contribution is 2.36. The summed E-state index contributed by atoms with van der Waals surface area (Å²) in [5, 5.41) is 9.83. The first-order valence-corrected chi connectivity index (χ1v) is 9.67. The maximum Gasteiger partial charge on any atom is 0.308 e. The van der Waals surface area contributed by atoms with E-state index in [0.29, 0.717) is 11.2 Å². The van der Waals surface area contributed by atoms with Crippen LogP contribution in [-0.4, -0.2) is 68.6 Å². The van der Waals surface area contributed by atoms with E-state index < -0.39 is 54.9 Å². The monoisotopic (exact) mass is 422 g/mol. The van der Waals surface area contributed by atoms with Crippen LogP contribution in [0.1, 0.15) is 33.9 Å². The number of aromatic nitrogens is 4. The highest BCUT2D eigenvalue weighted by molar-refractivity contribution is 5.76. The van der Waals surface area contributed by atoms with Gasteiger partial charge in [0, 0.05) is 0 Å². The fourth-order valence-corrected chi connectivity index (χ4v) is 3.05. The minimum Gasteiger partial charge on any atom is -0.479 e. The number of esters is 2. The summed E-state index contributed by atoms with van der Waals surface area (Å²) in [6, 6.07) is 0. The second-order valence-corrected chi connectivity index (χ2v) is 7.57. The summed E-state index contributed by atoms with van der Waals surface area (Å²) in [6.07, 6.45) is -1.09. The second-order valence-electron chi connectivity index (χ2n) is 7.57. The third-order valence-corrected chi connectivity index (χ3v) is 4.71. The third-order valence-electron chi connectivity index (χ3n) is 4.71. The molecule has 0 radical (unpaired) electrons. The van der Waals surface area contributed by atoms with Crippen molar-refractivity contribution >= 4 is 23.1 Å². The number of hydrogen-bond acceptors (Lipinski definition) is 10. The molecule has 4 atom stereocenters. The number of rotatable bonds is 7. The van der Waals surface area contributed by atoms with Crippen molar-refractivity contribution in [3.05, 3.63) is 12.7 Å². The molecule has 0 spiro atoms. The molecule has 3 rings (SSSR count). The summed E-state index contributed by atoms with van der Waals surface area (Å²) in [5.41, 5.74) is 0.769. The summed E-state index contributed by atoms with van der Waals surface area (Å²) in [7, 11) is 1.46. The molecule has 1 aliphatic rings. The lowest BCUT2D eigenvalue weighted by Crippen LogP contribution is -2.42. The molecule has 1 N–H and O–H groups in total. The first-order valence-electron chi connectivity index (χ1n) is 9.67. The predicted octanol–water partition coefficient (Wildman–Crippen LogP) is 0.860. The van der Waals surface area contributed by atoms with Crippen molar-refractivity contribution in [1.82, 2.24) is 19.5 Å². The lowest BCUT2D eigenvalue weighted by Gasteiger charge is -2.25. The van der Waals surface area contributed by atoms with Crippen LogP contribution in [0.15, 0.2) is 12.7 Å². The number of hydrogen-bond donors (Lipinski definition) is 1. The molecule has 164 valence electrons. The number of aliphatic hydroxyl groups is 1. The lowest BCUT2D eigenvalue weighted by atomic mass is 10.1. The number of ether oxygens (including phenoxy) is 4. The fraction of sp³-hybridized carbons (Fsp3) is 0.632. The zero-order valence-corrected chi connectivity index (χ0v) is 17.5. The van der Waals surface area contributed by atoms with Gasteiger partial charge in [-0.15, -0.1) is 0 Å². The first-order chi connectivity index (χ1) is 14.3. The Balaban J connectivity index is 2.03. The van der Waals surface area contributed by atoms with Gasteiger partial charge >= 0.3 is 11.9 Å². The maximum atomic E-state index is 12.4. The van der Waals surface area contributed by atoms with Crippen molar-refractivity contribution in [2.75, 3.05) is 13.7 Å². The van der Waals surface area contributed by atoms with Crippen LogP contribution in [0.25, 0.3) is 11.2 Å². The van der Waals surface area contributed by atoms with Crippen molar-refractivity contribution in [1.29, 1.82) is 0 Å². The Morgan fingerprint density at radius 1 is 1.10 bits per heavy atom. The molecule has 2 aromatic heterocycles. The molecule has 11 heteroatoms. The van der Waals surface area contributed by atoms with E-state index >= 15 is 0 Å². The van der Waals surface area contributed by atoms with Crippen LogP contribution in [-0.2, 0) is 23.8 Å². The maximum absolute atomic E-state index is 12.4. The number of aliphatic hydroxyl groups excluding tert-OH is 1. The van der Waals surface area contributed by atoms with Crippen LogP contribution < -0.4 is 4.74 Å². The molecule has 0 saturated carbocycles. The number of carbonyl (C=O) groups excluding carboxylic acids is 2. The number of imidazole rings is 1. The zero-order chi connectivity index (χ0) is 22.0. The molecule has 0 aromatic carbocycles. The Labute approximate surface area is 173 Å². The molecular weight excluding hydrogens is 396 g/mol. The Kier molecular flexibility index (Phi) is 6.52. The zero-order valence-electron chi connectivity index (χ0n) is 17.5. The summed E-state index contributed by atoms with van der Waals surface area (Å²) in [5.74, 6) is -1.53. The van der Waals surface area contributed by atoms with Crippen molar-refractivity contribution < 1.29 is 33.6 Å². The summed E-state index contributed by atoms with van der Waals surface area (Å²) >= 11 is 0. The van der Waals surface area contributed by atoms with Gasteiger partial charge in [0.25, 0.3) is 0 Å². The van der Waals surface area contributed by atoms with E-state index in [2.05, 4.69) is 15.0 Å². The molecule has 1 saturated heterocycles. The topological polar surface area (TPSA) is 135 Å². The van der Waals surface area contributed by atoms with Crippen LogP contribution in [0.2, 0.25) is 0 Å². The van der Waals surface area contributed by atoms with Crippen molar-refractivity contribution in [3.8, 4) is 5.88 Å². The van der Waals surface area contributed by atoms with E-state index in [1.54, 1.807) is 32.3 Å². The molecule has 1 fully saturated rings. The molecule has 0 unspecified atom stereocenters. The highest BCUT2D eigenvalue weighted by Gasteiger charge is 2.51. The third kappa shape index (κ3) is 4.08. The molecule has 1 aliphatic heterocycles.